The van der Waals surface area contributed by atoms with Crippen LogP contribution in [0, 0.1) is 0 Å². The van der Waals surface area contributed by atoms with E-state index in [0.717, 1.165) is 10.9 Å². The highest BCUT2D eigenvalue weighted by Gasteiger charge is 2.45. The van der Waals surface area contributed by atoms with Crippen LogP contribution < -0.4 is 44.6 Å². The maximum Gasteiger partial charge on any atom is 0.354 e. The van der Waals surface area contributed by atoms with Crippen molar-refractivity contribution in [3.63, 3.8) is 0 Å². The number of rotatable bonds is 7. The minimum Gasteiger partial charge on any atom is -0.457 e. The van der Waals surface area contributed by atoms with Crippen LogP contribution >= 0.6 is 0 Å². The molecule has 3 fully saturated rings. The fourth-order valence-corrected chi connectivity index (χ4v) is 4.07. The fraction of sp³-hybridized carbons (Fsp3) is 0.522. The van der Waals surface area contributed by atoms with Gasteiger partial charge in [0.2, 0.25) is 18.3 Å². The number of amides is 5. The van der Waals surface area contributed by atoms with E-state index in [4.69, 9.17) is 37.1 Å². The lowest BCUT2D eigenvalue weighted by molar-refractivity contribution is -0.123. The Bertz CT molecular complexity index is 1530. The van der Waals surface area contributed by atoms with Gasteiger partial charge in [0.05, 0.1) is 0 Å². The molecular weight excluding hydrogens is 716 g/mol. The average Bonchev–Trinajstić information content (AvgIpc) is 3.62. The summed E-state index contributed by atoms with van der Waals surface area (Å²) in [5.41, 5.74) is 19.4. The number of carbonyl (C=O) groups excluding carboxylic acids is 6. The molecule has 3 aliphatic heterocycles. The number of aliphatic hydroxyl groups is 6. The number of nitrogens with zero attached hydrogens (tertiary/aromatic N) is 5. The summed E-state index contributed by atoms with van der Waals surface area (Å²) in [5.74, 6) is -1.13. The van der Waals surface area contributed by atoms with Crippen LogP contribution in [0.4, 0.5) is 15.5 Å². The van der Waals surface area contributed by atoms with Crippen LogP contribution in [0.3, 0.4) is 0 Å². The third kappa shape index (κ3) is 11.7. The van der Waals surface area contributed by atoms with Crippen LogP contribution in [-0.4, -0.2) is 162 Å². The van der Waals surface area contributed by atoms with Crippen LogP contribution in [0.2, 0.25) is 0 Å². The molecule has 12 atom stereocenters. The summed E-state index contributed by atoms with van der Waals surface area (Å²) >= 11 is 0. The number of nitrogen functional groups attached to an aromatic ring is 1. The second kappa shape index (κ2) is 20.3. The van der Waals surface area contributed by atoms with E-state index in [1.54, 1.807) is 0 Å². The number of nitrogens with two attached hydrogens (primary N) is 4. The van der Waals surface area contributed by atoms with Crippen molar-refractivity contribution in [2.45, 2.75) is 73.6 Å². The topological polar surface area (TPSA) is 497 Å². The van der Waals surface area contributed by atoms with Gasteiger partial charge in [0.25, 0.3) is 0 Å². The molecule has 290 valence electrons. The fourth-order valence-electron chi connectivity index (χ4n) is 4.07. The predicted molar refractivity (Wildman–Crippen MR) is 165 cm³/mol. The second-order valence-corrected chi connectivity index (χ2v) is 9.99. The molecule has 4 rings (SSSR count). The second-order valence-electron chi connectivity index (χ2n) is 9.99. The number of hydrogen-bond acceptors (Lipinski definition) is 19. The number of carbonyl (C=O) groups is 6. The van der Waals surface area contributed by atoms with E-state index in [1.807, 2.05) is 5.32 Å². The van der Waals surface area contributed by atoms with Gasteiger partial charge < -0.3 is 98.3 Å². The van der Waals surface area contributed by atoms with Gasteiger partial charge in [-0.15, -0.1) is 0 Å². The number of urea groups is 2. The highest BCUT2D eigenvalue weighted by atomic mass is 16.6. The van der Waals surface area contributed by atoms with E-state index in [9.17, 15) is 64.2 Å². The quantitative estimate of drug-likeness (QED) is 0.0532. The Hall–Kier alpha value is -5.63. The lowest BCUT2D eigenvalue weighted by atomic mass is 10.1. The number of nitrogens with one attached hydrogen (secondary N) is 3. The Morgan fingerprint density at radius 2 is 1.27 bits per heavy atom. The number of guanidine groups is 2. The first-order chi connectivity index (χ1) is 24.0. The molecule has 12 unspecified atom stereocenters. The van der Waals surface area contributed by atoms with Crippen molar-refractivity contribution < 1.29 is 79.1 Å². The van der Waals surface area contributed by atoms with Crippen LogP contribution in [0.5, 0.6) is 0 Å². The largest absolute Gasteiger partial charge is 0.457 e. The van der Waals surface area contributed by atoms with Crippen LogP contribution in [-0.2, 0) is 38.9 Å². The number of ether oxygens (including phenoxy) is 3. The normalized spacial score (nSPS) is 31.8. The lowest BCUT2D eigenvalue weighted by Gasteiger charge is -2.16. The maximum absolute atomic E-state index is 11.4. The molecule has 4 heterocycles. The first-order valence-corrected chi connectivity index (χ1v) is 13.8. The number of anilines is 1. The molecule has 0 spiro atoms. The SMILES string of the molecule is NC(=NC=O)NC(=O)NC1OC(C=O)C(O)C1O.NC(N)=NC(=O)NC1OC(C=O)C(O)C1O.Nc1ncn(C2OC(C=O)C(O)C2O)c(=O)n1.[OH3+]. The van der Waals surface area contributed by atoms with E-state index >= 15 is 0 Å². The molecule has 0 aromatic carbocycles. The molecule has 1 aromatic heterocycles. The Morgan fingerprint density at radius 1 is 0.788 bits per heavy atom. The minimum absolute atomic E-state index is 0. The summed E-state index contributed by atoms with van der Waals surface area (Å²) < 4.78 is 15.6. The molecule has 29 heteroatoms. The van der Waals surface area contributed by atoms with Gasteiger partial charge in [-0.05, 0) is 0 Å². The number of aldehydes is 3. The van der Waals surface area contributed by atoms with Crippen molar-refractivity contribution in [2.75, 3.05) is 5.73 Å². The predicted octanol–water partition coefficient (Wildman–Crippen LogP) is -10.9. The highest BCUT2D eigenvalue weighted by molar-refractivity contribution is 5.97. The standard InChI is InChI=1S/C8H12N4O6.C8H10N4O5.C7H12N4O5.H2O/c9-7(10-2-14)12-8(17)11-6-5(16)4(15)3(1-13)18-6;9-7-10-2-12(8(16)11-7)6-5(15)4(14)3(1-13)17-6;8-6(9)11-7(15)10-5-4(14)3(13)2(1-12)16-5;/h1-6,15-16H,(H4,9,10,11,12,14,17);1-6,14-15H,(H2,9,11,16);1-5,13-14H,(H5,8,9,10,11,15);1H2/p+1. The molecule has 0 bridgehead atoms. The smallest absolute Gasteiger partial charge is 0.354 e. The summed E-state index contributed by atoms with van der Waals surface area (Å²) in [7, 11) is 0. The van der Waals surface area contributed by atoms with Crippen molar-refractivity contribution in [1.29, 1.82) is 0 Å². The highest BCUT2D eigenvalue weighted by Crippen LogP contribution is 2.27. The van der Waals surface area contributed by atoms with Gasteiger partial charge in [0.1, 0.15) is 61.3 Å². The van der Waals surface area contributed by atoms with E-state index < -0.39 is 103 Å². The number of aliphatic imine (C=N–C) groups is 2. The molecular formula is C23H37N12O17+. The average molecular weight is 754 g/mol. The maximum atomic E-state index is 11.4. The molecule has 20 N–H and O–H groups in total. The molecule has 3 saturated heterocycles. The third-order valence-electron chi connectivity index (χ3n) is 6.50. The first kappa shape index (κ1) is 44.4. The molecule has 0 radical (unpaired) electrons. The summed E-state index contributed by atoms with van der Waals surface area (Å²) in [6.45, 7) is 0. The van der Waals surface area contributed by atoms with Crippen LogP contribution in [0.1, 0.15) is 6.23 Å². The van der Waals surface area contributed by atoms with Crippen LogP contribution in [0.25, 0.3) is 0 Å². The number of hydrogen-bond donors (Lipinski definition) is 13. The van der Waals surface area contributed by atoms with Crippen molar-refractivity contribution >= 4 is 55.2 Å². The lowest BCUT2D eigenvalue weighted by Crippen LogP contribution is -2.50. The van der Waals surface area contributed by atoms with Gasteiger partial charge in [0, 0.05) is 0 Å². The Morgan fingerprint density at radius 3 is 1.69 bits per heavy atom. The summed E-state index contributed by atoms with van der Waals surface area (Å²) in [4.78, 5) is 88.1. The van der Waals surface area contributed by atoms with Gasteiger partial charge in [-0.2, -0.15) is 15.0 Å². The summed E-state index contributed by atoms with van der Waals surface area (Å²) in [5, 5.41) is 62.7. The van der Waals surface area contributed by atoms with Crippen molar-refractivity contribution in [2.24, 2.45) is 27.2 Å². The van der Waals surface area contributed by atoms with Crippen molar-refractivity contribution in [1.82, 2.24) is 30.5 Å². The van der Waals surface area contributed by atoms with E-state index in [2.05, 4.69) is 30.6 Å². The summed E-state index contributed by atoms with van der Waals surface area (Å²) in [6, 6.07) is -1.86. The number of aliphatic hydroxyl groups excluding tert-OH is 6. The zero-order valence-corrected chi connectivity index (χ0v) is 26.2. The van der Waals surface area contributed by atoms with Crippen molar-refractivity contribution in [3.05, 3.63) is 16.8 Å². The van der Waals surface area contributed by atoms with Crippen LogP contribution in [0.15, 0.2) is 21.1 Å². The van der Waals surface area contributed by atoms with Crippen molar-refractivity contribution in [3.8, 4) is 0 Å². The zero-order valence-electron chi connectivity index (χ0n) is 26.2. The van der Waals surface area contributed by atoms with Gasteiger partial charge in [0.15, 0.2) is 43.5 Å². The minimum atomic E-state index is -1.46. The Balaban J connectivity index is 0.000000387. The monoisotopic (exact) mass is 753 g/mol. The molecule has 0 aliphatic carbocycles. The summed E-state index contributed by atoms with van der Waals surface area (Å²) in [6.07, 6.45) is -13.8. The molecule has 3 aliphatic rings. The molecule has 5 amide bonds. The van der Waals surface area contributed by atoms with Gasteiger partial charge >= 0.3 is 17.8 Å². The zero-order chi connectivity index (χ0) is 38.6. The van der Waals surface area contributed by atoms with E-state index in [-0.39, 0.29) is 17.8 Å². The Kier molecular flexibility index (Phi) is 17.3. The van der Waals surface area contributed by atoms with E-state index in [1.165, 1.54) is 0 Å². The Labute approximate surface area is 288 Å². The van der Waals surface area contributed by atoms with Gasteiger partial charge in [-0.25, -0.2) is 19.4 Å². The van der Waals surface area contributed by atoms with Gasteiger partial charge in [-0.1, -0.05) is 0 Å². The third-order valence-corrected chi connectivity index (χ3v) is 6.50. The molecule has 1 aromatic rings. The van der Waals surface area contributed by atoms with E-state index in [0.29, 0.717) is 18.9 Å². The van der Waals surface area contributed by atoms with Gasteiger partial charge in [-0.3, -0.25) is 14.7 Å². The molecule has 29 nitrogen and oxygen atoms in total. The number of aromatic nitrogens is 3. The molecule has 52 heavy (non-hydrogen) atoms. The first-order valence-electron chi connectivity index (χ1n) is 13.8. The molecule has 0 saturated carbocycles.